The molecule has 278 valence electrons. The number of aromatic nitrogens is 3. The molecular weight excluding hydrogens is 729 g/mol. The molecule has 0 bridgehead atoms. The molecule has 0 atom stereocenters. The lowest BCUT2D eigenvalue weighted by atomic mass is 9.86. The molecule has 0 spiro atoms. The van der Waals surface area contributed by atoms with Crippen LogP contribution in [0.5, 0.6) is 0 Å². The van der Waals surface area contributed by atoms with Gasteiger partial charge in [-0.2, -0.15) is 0 Å². The van der Waals surface area contributed by atoms with Gasteiger partial charge in [0.1, 0.15) is 0 Å². The average molecular weight is 763 g/mol. The largest absolute Gasteiger partial charge is 0.238 e. The van der Waals surface area contributed by atoms with Gasteiger partial charge in [0.15, 0.2) is 23.2 Å². The van der Waals surface area contributed by atoms with Crippen molar-refractivity contribution >= 4 is 16.5 Å². The molecule has 10 aromatic rings. The van der Waals surface area contributed by atoms with Crippen LogP contribution in [0.1, 0.15) is 0 Å². The maximum Gasteiger partial charge on any atom is 0.187 e. The van der Waals surface area contributed by atoms with Gasteiger partial charge in [-0.05, 0) is 89.7 Å². The van der Waals surface area contributed by atoms with Gasteiger partial charge in [0.2, 0.25) is 0 Å². The number of benzene rings is 9. The fourth-order valence-electron chi connectivity index (χ4n) is 8.78. The van der Waals surface area contributed by atoms with Crippen LogP contribution in [0.2, 0.25) is 0 Å². The lowest BCUT2D eigenvalue weighted by molar-refractivity contribution is 1.07. The van der Waals surface area contributed by atoms with Crippen LogP contribution in [-0.2, 0) is 0 Å². The molecule has 1 aliphatic carbocycles. The summed E-state index contributed by atoms with van der Waals surface area (Å²) in [5.74, 6) is 1.83. The standard InChI is InChI=1S/C56H34N4/c1-57-40-30-31-47(43-24-10-9-23-42(43)46-32-33-50-45-26-12-11-25-44(45)48-28-15-29-49(46)53(48)50)52(35-40)39-21-14-20-38(34-39)41-22-8-13-27-51(41)56-59-54(36-16-4-2-5-17-36)58-55(60-56)37-18-6-3-7-19-37/h2-35H. The molecule has 1 aliphatic rings. The van der Waals surface area contributed by atoms with E-state index in [-0.39, 0.29) is 0 Å². The van der Waals surface area contributed by atoms with Crippen LogP contribution in [0, 0.1) is 6.57 Å². The number of nitrogens with zero attached hydrogens (tertiary/aromatic N) is 4. The first-order chi connectivity index (χ1) is 29.7. The minimum absolute atomic E-state index is 0.590. The molecule has 0 amide bonds. The van der Waals surface area contributed by atoms with E-state index in [0.717, 1.165) is 55.6 Å². The summed E-state index contributed by atoms with van der Waals surface area (Å²) in [6, 6.07) is 71.7. The molecule has 0 saturated carbocycles. The van der Waals surface area contributed by atoms with Gasteiger partial charge >= 0.3 is 0 Å². The summed E-state index contributed by atoms with van der Waals surface area (Å²) < 4.78 is 0. The molecule has 0 aliphatic heterocycles. The molecule has 60 heavy (non-hydrogen) atoms. The van der Waals surface area contributed by atoms with Gasteiger partial charge in [0, 0.05) is 16.7 Å². The lowest BCUT2D eigenvalue weighted by Crippen LogP contribution is -2.01. The van der Waals surface area contributed by atoms with E-state index in [0.29, 0.717) is 23.2 Å². The third-order valence-electron chi connectivity index (χ3n) is 11.5. The van der Waals surface area contributed by atoms with Crippen molar-refractivity contribution in [2.45, 2.75) is 0 Å². The summed E-state index contributed by atoms with van der Waals surface area (Å²) in [4.78, 5) is 19.0. The zero-order chi connectivity index (χ0) is 40.0. The summed E-state index contributed by atoms with van der Waals surface area (Å²) in [6.45, 7) is 8.01. The fourth-order valence-corrected chi connectivity index (χ4v) is 8.78. The Morgan fingerprint density at radius 1 is 0.283 bits per heavy atom. The second-order valence-electron chi connectivity index (χ2n) is 15.0. The lowest BCUT2D eigenvalue weighted by Gasteiger charge is -2.18. The molecule has 4 nitrogen and oxygen atoms in total. The third kappa shape index (κ3) is 5.97. The Morgan fingerprint density at radius 2 is 0.700 bits per heavy atom. The maximum atomic E-state index is 8.01. The zero-order valence-electron chi connectivity index (χ0n) is 32.4. The summed E-state index contributed by atoms with van der Waals surface area (Å²) in [5.41, 5.74) is 17.0. The molecule has 0 unspecified atom stereocenters. The molecule has 4 heteroatoms. The van der Waals surface area contributed by atoms with Gasteiger partial charge < -0.3 is 0 Å². The Bertz CT molecular complexity index is 3240. The van der Waals surface area contributed by atoms with Crippen LogP contribution in [0.4, 0.5) is 5.69 Å². The van der Waals surface area contributed by atoms with E-state index in [1.165, 1.54) is 38.6 Å². The van der Waals surface area contributed by atoms with E-state index < -0.39 is 0 Å². The Morgan fingerprint density at radius 3 is 1.33 bits per heavy atom. The highest BCUT2D eigenvalue weighted by Gasteiger charge is 2.24. The first-order valence-electron chi connectivity index (χ1n) is 20.1. The number of hydrogen-bond donors (Lipinski definition) is 0. The quantitative estimate of drug-likeness (QED) is 0.152. The van der Waals surface area contributed by atoms with Crippen LogP contribution in [0.25, 0.3) is 117 Å². The fraction of sp³-hybridized carbons (Fsp3) is 0. The van der Waals surface area contributed by atoms with Gasteiger partial charge in [0.05, 0.1) is 6.57 Å². The van der Waals surface area contributed by atoms with Crippen LogP contribution < -0.4 is 0 Å². The summed E-state index contributed by atoms with van der Waals surface area (Å²) in [7, 11) is 0. The molecule has 1 heterocycles. The predicted octanol–water partition coefficient (Wildman–Crippen LogP) is 14.9. The molecule has 0 N–H and O–H groups in total. The molecule has 0 saturated heterocycles. The van der Waals surface area contributed by atoms with Crippen molar-refractivity contribution in [3.8, 4) is 101 Å². The molecule has 1 aromatic heterocycles. The normalized spacial score (nSPS) is 11.3. The Kier molecular flexibility index (Phi) is 8.50. The third-order valence-corrected chi connectivity index (χ3v) is 11.5. The predicted molar refractivity (Wildman–Crippen MR) is 246 cm³/mol. The first-order valence-corrected chi connectivity index (χ1v) is 20.1. The van der Waals surface area contributed by atoms with Gasteiger partial charge in [-0.3, -0.25) is 0 Å². The summed E-state index contributed by atoms with van der Waals surface area (Å²) >= 11 is 0. The van der Waals surface area contributed by atoms with Crippen LogP contribution >= 0.6 is 0 Å². The second kappa shape index (κ2) is 14.6. The topological polar surface area (TPSA) is 43.0 Å². The molecular formula is C56H34N4. The Hall–Kier alpha value is -8.26. The van der Waals surface area contributed by atoms with E-state index in [2.05, 4.69) is 132 Å². The molecule has 11 rings (SSSR count). The van der Waals surface area contributed by atoms with E-state index in [4.69, 9.17) is 21.5 Å². The Labute approximate surface area is 348 Å². The SMILES string of the molecule is [C-]#[N+]c1ccc(-c2ccccc2-c2ccc3c4c(cccc24)-c2ccccc2-3)c(-c2cccc(-c3ccccc3-c3nc(-c4ccccc4)nc(-c4ccccc4)n3)c2)c1. The van der Waals surface area contributed by atoms with E-state index in [1.807, 2.05) is 78.9 Å². The highest BCUT2D eigenvalue weighted by molar-refractivity contribution is 6.19. The average Bonchev–Trinajstić information content (AvgIpc) is 3.66. The smallest absolute Gasteiger partial charge is 0.187 e. The van der Waals surface area contributed by atoms with Crippen molar-refractivity contribution in [2.24, 2.45) is 0 Å². The van der Waals surface area contributed by atoms with E-state index in [1.54, 1.807) is 0 Å². The van der Waals surface area contributed by atoms with Crippen molar-refractivity contribution in [3.63, 3.8) is 0 Å². The van der Waals surface area contributed by atoms with Gasteiger partial charge in [-0.15, -0.1) is 0 Å². The number of fused-ring (bicyclic) bond motifs is 3. The van der Waals surface area contributed by atoms with Crippen molar-refractivity contribution in [1.82, 2.24) is 15.0 Å². The number of rotatable bonds is 7. The maximum absolute atomic E-state index is 8.01. The van der Waals surface area contributed by atoms with Gasteiger partial charge in [0.25, 0.3) is 0 Å². The van der Waals surface area contributed by atoms with E-state index >= 15 is 0 Å². The summed E-state index contributed by atoms with van der Waals surface area (Å²) in [6.07, 6.45) is 0. The molecule has 0 radical (unpaired) electrons. The van der Waals surface area contributed by atoms with Crippen LogP contribution in [-0.4, -0.2) is 15.0 Å². The zero-order valence-corrected chi connectivity index (χ0v) is 32.4. The highest BCUT2D eigenvalue weighted by Crippen LogP contribution is 2.50. The monoisotopic (exact) mass is 762 g/mol. The van der Waals surface area contributed by atoms with Gasteiger partial charge in [-0.25, -0.2) is 19.8 Å². The second-order valence-corrected chi connectivity index (χ2v) is 15.0. The summed E-state index contributed by atoms with van der Waals surface area (Å²) in [5, 5.41) is 2.53. The van der Waals surface area contributed by atoms with Crippen LogP contribution in [0.15, 0.2) is 206 Å². The minimum Gasteiger partial charge on any atom is -0.238 e. The van der Waals surface area contributed by atoms with Gasteiger partial charge in [-0.1, -0.05) is 194 Å². The Balaban J connectivity index is 1.05. The highest BCUT2D eigenvalue weighted by atomic mass is 15.0. The first kappa shape index (κ1) is 34.9. The van der Waals surface area contributed by atoms with E-state index in [9.17, 15) is 0 Å². The van der Waals surface area contributed by atoms with Crippen molar-refractivity contribution in [2.75, 3.05) is 0 Å². The number of hydrogen-bond acceptors (Lipinski definition) is 3. The van der Waals surface area contributed by atoms with Crippen molar-refractivity contribution in [3.05, 3.63) is 218 Å². The van der Waals surface area contributed by atoms with Crippen LogP contribution in [0.3, 0.4) is 0 Å². The van der Waals surface area contributed by atoms with Crippen molar-refractivity contribution < 1.29 is 0 Å². The minimum atomic E-state index is 0.590. The molecule has 0 fully saturated rings. The van der Waals surface area contributed by atoms with Crippen molar-refractivity contribution in [1.29, 1.82) is 0 Å². The molecule has 9 aromatic carbocycles.